The zero-order chi connectivity index (χ0) is 27.2. The Labute approximate surface area is 216 Å². The molecule has 0 spiro atoms. The molecule has 2 saturated heterocycles. The van der Waals surface area contributed by atoms with Crippen LogP contribution in [0.25, 0.3) is 0 Å². The van der Waals surface area contributed by atoms with E-state index in [1.807, 2.05) is 0 Å². The van der Waals surface area contributed by atoms with Crippen LogP contribution in [0.4, 0.5) is 19.0 Å². The number of rotatable bonds is 7. The largest absolute Gasteiger partial charge is 0.490 e. The Hall–Kier alpha value is -2.46. The first-order valence-electron chi connectivity index (χ1n) is 11.5. The first-order chi connectivity index (χ1) is 17.4. The van der Waals surface area contributed by atoms with Crippen molar-refractivity contribution in [2.45, 2.75) is 49.5 Å². The van der Waals surface area contributed by atoms with Crippen molar-refractivity contribution in [2.75, 3.05) is 37.7 Å². The molecule has 2 aromatic rings. The van der Waals surface area contributed by atoms with E-state index in [0.717, 1.165) is 32.6 Å². The average Bonchev–Trinajstić information content (AvgIpc) is 3.42. The molecule has 4 rings (SSSR count). The van der Waals surface area contributed by atoms with Crippen molar-refractivity contribution in [2.24, 2.45) is 0 Å². The number of hydrogen-bond donors (Lipinski definition) is 3. The molecule has 11 nitrogen and oxygen atoms in total. The van der Waals surface area contributed by atoms with Crippen LogP contribution in [0.1, 0.15) is 24.8 Å². The maximum absolute atomic E-state index is 12.7. The van der Waals surface area contributed by atoms with Crippen molar-refractivity contribution >= 4 is 33.4 Å². The second kappa shape index (κ2) is 12.4. The van der Waals surface area contributed by atoms with Gasteiger partial charge in [-0.2, -0.15) is 18.3 Å². The first-order valence-corrected chi connectivity index (χ1v) is 13.3. The number of anilines is 1. The van der Waals surface area contributed by atoms with Crippen LogP contribution in [0.15, 0.2) is 29.6 Å². The van der Waals surface area contributed by atoms with Crippen LogP contribution in [0.5, 0.6) is 0 Å². The van der Waals surface area contributed by atoms with Gasteiger partial charge in [0, 0.05) is 50.2 Å². The summed E-state index contributed by atoms with van der Waals surface area (Å²) in [6, 6.07) is 1.99. The van der Waals surface area contributed by atoms with Crippen LogP contribution in [0.2, 0.25) is 5.02 Å². The number of pyridine rings is 1. The maximum Gasteiger partial charge on any atom is 0.490 e. The number of nitrogens with one attached hydrogen (secondary N) is 1. The first kappa shape index (κ1) is 29.1. The standard InChI is InChI=1S/C19H27ClN6O3S.C2HF3O2/c20-18-9-17(30(28,29)23-11-15-10-22-26(13-15)7-8-27)12-21-19(18)25-6-2-5-24-4-1-3-16(24)14-25;3-2(4,5)1(6)7/h9-10,12-13,16,23,27H,1-8,11,14H2;(H,6,7). The van der Waals surface area contributed by atoms with E-state index in [1.165, 1.54) is 25.1 Å². The predicted octanol–water partition coefficient (Wildman–Crippen LogP) is 1.71. The van der Waals surface area contributed by atoms with Gasteiger partial charge in [-0.05, 0) is 31.9 Å². The van der Waals surface area contributed by atoms with Crippen LogP contribution in [0, 0.1) is 0 Å². The third-order valence-corrected chi connectivity index (χ3v) is 7.58. The van der Waals surface area contributed by atoms with E-state index in [4.69, 9.17) is 26.6 Å². The van der Waals surface area contributed by atoms with E-state index in [9.17, 15) is 21.6 Å². The highest BCUT2D eigenvalue weighted by molar-refractivity contribution is 7.89. The molecule has 16 heteroatoms. The molecule has 2 aromatic heterocycles. The number of halogens is 4. The van der Waals surface area contributed by atoms with Crippen molar-refractivity contribution < 1.29 is 36.6 Å². The minimum absolute atomic E-state index is 0.0286. The van der Waals surface area contributed by atoms with Crippen LogP contribution in [0.3, 0.4) is 0 Å². The third-order valence-electron chi connectivity index (χ3n) is 5.93. The monoisotopic (exact) mass is 568 g/mol. The number of aliphatic hydroxyl groups is 1. The lowest BCUT2D eigenvalue weighted by Gasteiger charge is -2.27. The molecule has 0 aromatic carbocycles. The molecule has 0 bridgehead atoms. The van der Waals surface area contributed by atoms with Gasteiger partial charge in [0.05, 0.1) is 24.4 Å². The normalized spacial score (nSPS) is 18.6. The van der Waals surface area contributed by atoms with E-state index in [0.29, 0.717) is 29.0 Å². The molecule has 0 aliphatic carbocycles. The van der Waals surface area contributed by atoms with Crippen molar-refractivity contribution in [1.29, 1.82) is 0 Å². The van der Waals surface area contributed by atoms with Crippen LogP contribution in [-0.2, 0) is 27.9 Å². The van der Waals surface area contributed by atoms with Crippen LogP contribution in [-0.4, -0.2) is 89.3 Å². The quantitative estimate of drug-likeness (QED) is 0.455. The van der Waals surface area contributed by atoms with Gasteiger partial charge < -0.3 is 15.1 Å². The van der Waals surface area contributed by atoms with Gasteiger partial charge in [-0.25, -0.2) is 22.9 Å². The molecule has 3 N–H and O–H groups in total. The fourth-order valence-electron chi connectivity index (χ4n) is 4.18. The number of hydrogen-bond acceptors (Lipinski definition) is 8. The number of aliphatic hydroxyl groups excluding tert-OH is 1. The van der Waals surface area contributed by atoms with E-state index in [2.05, 4.69) is 24.6 Å². The number of aliphatic carboxylic acids is 1. The number of sulfonamides is 1. The zero-order valence-corrected chi connectivity index (χ0v) is 21.3. The fourth-order valence-corrected chi connectivity index (χ4v) is 5.51. The molecular weight excluding hydrogens is 541 g/mol. The maximum atomic E-state index is 12.7. The van der Waals surface area contributed by atoms with Crippen molar-refractivity contribution in [1.82, 2.24) is 24.4 Å². The number of aromatic nitrogens is 3. The van der Waals surface area contributed by atoms with E-state index < -0.39 is 22.2 Å². The molecule has 1 atom stereocenters. The molecule has 2 aliphatic rings. The van der Waals surface area contributed by atoms with Gasteiger partial charge in [-0.1, -0.05) is 11.6 Å². The minimum Gasteiger partial charge on any atom is -0.475 e. The molecular formula is C21H28ClF3N6O5S. The van der Waals surface area contributed by atoms with Gasteiger partial charge >= 0.3 is 12.1 Å². The van der Waals surface area contributed by atoms with Gasteiger partial charge in [-0.15, -0.1) is 0 Å². The van der Waals surface area contributed by atoms with E-state index in [1.54, 1.807) is 17.1 Å². The lowest BCUT2D eigenvalue weighted by atomic mass is 10.2. The van der Waals surface area contributed by atoms with Crippen LogP contribution < -0.4 is 9.62 Å². The lowest BCUT2D eigenvalue weighted by Crippen LogP contribution is -2.37. The highest BCUT2D eigenvalue weighted by atomic mass is 35.5. The molecule has 206 valence electrons. The summed E-state index contributed by atoms with van der Waals surface area (Å²) in [7, 11) is -3.76. The Kier molecular flexibility index (Phi) is 9.74. The second-order valence-corrected chi connectivity index (χ2v) is 10.7. The number of fused-ring (bicyclic) bond motifs is 1. The summed E-state index contributed by atoms with van der Waals surface area (Å²) in [6.07, 6.45) is 2.99. The summed E-state index contributed by atoms with van der Waals surface area (Å²) in [5.74, 6) is -2.11. The fraction of sp³-hybridized carbons (Fsp3) is 0.571. The summed E-state index contributed by atoms with van der Waals surface area (Å²) < 4.78 is 61.2. The average molecular weight is 569 g/mol. The molecule has 0 amide bonds. The van der Waals surface area contributed by atoms with Gasteiger partial charge in [0.2, 0.25) is 10.0 Å². The predicted molar refractivity (Wildman–Crippen MR) is 128 cm³/mol. The summed E-state index contributed by atoms with van der Waals surface area (Å²) in [6.45, 7) is 4.40. The topological polar surface area (TPSA) is 141 Å². The Morgan fingerprint density at radius 2 is 1.92 bits per heavy atom. The molecule has 2 aliphatic heterocycles. The Morgan fingerprint density at radius 3 is 2.57 bits per heavy atom. The summed E-state index contributed by atoms with van der Waals surface area (Å²) in [4.78, 5) is 18.1. The molecule has 37 heavy (non-hydrogen) atoms. The van der Waals surface area contributed by atoms with Crippen molar-refractivity contribution in [3.8, 4) is 0 Å². The summed E-state index contributed by atoms with van der Waals surface area (Å²) in [5.41, 5.74) is 0.702. The molecule has 0 saturated carbocycles. The smallest absolute Gasteiger partial charge is 0.475 e. The molecule has 4 heterocycles. The van der Waals surface area contributed by atoms with Gasteiger partial charge in [0.1, 0.15) is 10.7 Å². The number of carboxylic acid groups (broad SMARTS) is 1. The number of nitrogens with zero attached hydrogens (tertiary/aromatic N) is 5. The molecule has 1 unspecified atom stereocenters. The Balaban J connectivity index is 0.000000479. The Bertz CT molecular complexity index is 1180. The van der Waals surface area contributed by atoms with Crippen molar-refractivity contribution in [3.05, 3.63) is 35.2 Å². The lowest BCUT2D eigenvalue weighted by molar-refractivity contribution is -0.192. The summed E-state index contributed by atoms with van der Waals surface area (Å²) >= 11 is 6.47. The second-order valence-electron chi connectivity index (χ2n) is 8.57. The molecule has 0 radical (unpaired) electrons. The summed E-state index contributed by atoms with van der Waals surface area (Å²) in [5, 5.41) is 20.5. The molecule has 2 fully saturated rings. The third kappa shape index (κ3) is 8.01. The highest BCUT2D eigenvalue weighted by Crippen LogP contribution is 2.30. The number of alkyl halides is 3. The van der Waals surface area contributed by atoms with Crippen LogP contribution >= 0.6 is 11.6 Å². The number of carbonyl (C=O) groups is 1. The van der Waals surface area contributed by atoms with E-state index >= 15 is 0 Å². The van der Waals surface area contributed by atoms with E-state index in [-0.39, 0.29) is 18.0 Å². The number of carboxylic acids is 1. The highest BCUT2D eigenvalue weighted by Gasteiger charge is 2.38. The van der Waals surface area contributed by atoms with Gasteiger partial charge in [-0.3, -0.25) is 9.58 Å². The Morgan fingerprint density at radius 1 is 1.22 bits per heavy atom. The van der Waals surface area contributed by atoms with Gasteiger partial charge in [0.25, 0.3) is 0 Å². The van der Waals surface area contributed by atoms with Crippen molar-refractivity contribution in [3.63, 3.8) is 0 Å². The minimum atomic E-state index is -5.08. The zero-order valence-electron chi connectivity index (χ0n) is 19.7. The SMILES string of the molecule is O=C(O)C(F)(F)F.O=S(=O)(NCc1cnn(CCO)c1)c1cnc(N2CCCN3CCCC3C2)c(Cl)c1. The van der Waals surface area contributed by atoms with Gasteiger partial charge in [0.15, 0.2) is 0 Å².